The molecule has 2 rings (SSSR count). The van der Waals surface area contributed by atoms with Crippen molar-refractivity contribution in [2.75, 3.05) is 0 Å². The molecule has 2 aromatic carbocycles. The zero-order valence-electron chi connectivity index (χ0n) is 9.91. The monoisotopic (exact) mass is 272 g/mol. The summed E-state index contributed by atoms with van der Waals surface area (Å²) in [4.78, 5) is 0. The lowest BCUT2D eigenvalue weighted by Crippen LogP contribution is -2.05. The van der Waals surface area contributed by atoms with Crippen LogP contribution in [0, 0.1) is 29.1 Å². The summed E-state index contributed by atoms with van der Waals surface area (Å²) in [6.07, 6.45) is 0.412. The summed E-state index contributed by atoms with van der Waals surface area (Å²) in [5.74, 6) is -9.62. The lowest BCUT2D eigenvalue weighted by molar-refractivity contribution is 0.381. The first-order valence-corrected chi connectivity index (χ1v) is 5.58. The molecule has 0 unspecified atom stereocenters. The van der Waals surface area contributed by atoms with Gasteiger partial charge in [0, 0.05) is 0 Å². The highest BCUT2D eigenvalue weighted by atomic mass is 19.2. The average molecular weight is 272 g/mol. The van der Waals surface area contributed by atoms with Crippen molar-refractivity contribution in [1.82, 2.24) is 0 Å². The zero-order valence-corrected chi connectivity index (χ0v) is 9.91. The Kier molecular flexibility index (Phi) is 3.55. The van der Waals surface area contributed by atoms with Gasteiger partial charge >= 0.3 is 0 Å². The normalized spacial score (nSPS) is 10.8. The van der Waals surface area contributed by atoms with E-state index in [4.69, 9.17) is 0 Å². The molecule has 100 valence electrons. The first kappa shape index (κ1) is 13.5. The van der Waals surface area contributed by atoms with Gasteiger partial charge in [0.05, 0.1) is 5.56 Å². The number of hydrogen-bond acceptors (Lipinski definition) is 0. The summed E-state index contributed by atoms with van der Waals surface area (Å²) in [6, 6.07) is 6.02. The Morgan fingerprint density at radius 3 is 1.74 bits per heavy atom. The maximum Gasteiger partial charge on any atom is 0.200 e. The molecule has 0 heterocycles. The quantitative estimate of drug-likeness (QED) is 0.425. The predicted molar refractivity (Wildman–Crippen MR) is 61.0 cm³/mol. The average Bonchev–Trinajstić information content (AvgIpc) is 2.44. The maximum absolute atomic E-state index is 13.7. The molecule has 0 aromatic heterocycles. The Labute approximate surface area is 106 Å². The van der Waals surface area contributed by atoms with E-state index in [0.29, 0.717) is 12.0 Å². The Hall–Kier alpha value is -1.91. The standard InChI is InChI=1S/C14H9F5/c1-2-7-5-3-4-6-8(7)9-10(15)12(17)14(19)13(18)11(9)16/h3-6H,2H2,1H3. The van der Waals surface area contributed by atoms with Gasteiger partial charge in [0.2, 0.25) is 5.82 Å². The predicted octanol–water partition coefficient (Wildman–Crippen LogP) is 4.61. The van der Waals surface area contributed by atoms with Gasteiger partial charge in [0.25, 0.3) is 0 Å². The Morgan fingerprint density at radius 2 is 1.21 bits per heavy atom. The molecule has 19 heavy (non-hydrogen) atoms. The van der Waals surface area contributed by atoms with E-state index in [-0.39, 0.29) is 5.56 Å². The van der Waals surface area contributed by atoms with Crippen LogP contribution in [-0.4, -0.2) is 0 Å². The molecule has 5 heteroatoms. The summed E-state index contributed by atoms with van der Waals surface area (Å²) in [6.45, 7) is 1.73. The Balaban J connectivity index is 2.83. The second-order valence-corrected chi connectivity index (χ2v) is 3.96. The van der Waals surface area contributed by atoms with Crippen molar-refractivity contribution in [1.29, 1.82) is 0 Å². The van der Waals surface area contributed by atoms with Crippen LogP contribution in [0.25, 0.3) is 11.1 Å². The molecular formula is C14H9F5. The van der Waals surface area contributed by atoms with Crippen LogP contribution in [0.3, 0.4) is 0 Å². The second kappa shape index (κ2) is 4.99. The Bertz CT molecular complexity index is 605. The summed E-state index contributed by atoms with van der Waals surface area (Å²) in [5, 5.41) is 0. The molecule has 0 spiro atoms. The molecule has 0 saturated carbocycles. The number of rotatable bonds is 2. The molecule has 0 amide bonds. The van der Waals surface area contributed by atoms with Crippen LogP contribution >= 0.6 is 0 Å². The van der Waals surface area contributed by atoms with Gasteiger partial charge in [-0.2, -0.15) is 0 Å². The van der Waals surface area contributed by atoms with Crippen molar-refractivity contribution in [3.63, 3.8) is 0 Å². The largest absolute Gasteiger partial charge is 0.203 e. The van der Waals surface area contributed by atoms with E-state index in [1.165, 1.54) is 12.1 Å². The van der Waals surface area contributed by atoms with E-state index >= 15 is 0 Å². The van der Waals surface area contributed by atoms with Crippen molar-refractivity contribution in [2.45, 2.75) is 13.3 Å². The molecular weight excluding hydrogens is 263 g/mol. The van der Waals surface area contributed by atoms with Gasteiger partial charge in [-0.05, 0) is 17.5 Å². The van der Waals surface area contributed by atoms with Gasteiger partial charge in [-0.3, -0.25) is 0 Å². The number of aryl methyl sites for hydroxylation is 1. The van der Waals surface area contributed by atoms with E-state index < -0.39 is 34.6 Å². The highest BCUT2D eigenvalue weighted by Crippen LogP contribution is 2.33. The zero-order chi connectivity index (χ0) is 14.2. The lowest BCUT2D eigenvalue weighted by Gasteiger charge is -2.11. The molecule has 0 aliphatic heterocycles. The molecule has 0 radical (unpaired) electrons. The molecule has 0 saturated heterocycles. The van der Waals surface area contributed by atoms with Gasteiger partial charge in [-0.15, -0.1) is 0 Å². The van der Waals surface area contributed by atoms with Crippen LogP contribution in [0.15, 0.2) is 24.3 Å². The Morgan fingerprint density at radius 1 is 0.737 bits per heavy atom. The fraction of sp³-hybridized carbons (Fsp3) is 0.143. The third-order valence-corrected chi connectivity index (χ3v) is 2.88. The molecule has 0 atom stereocenters. The second-order valence-electron chi connectivity index (χ2n) is 3.96. The summed E-state index contributed by atoms with van der Waals surface area (Å²) in [7, 11) is 0. The van der Waals surface area contributed by atoms with E-state index in [1.807, 2.05) is 0 Å². The maximum atomic E-state index is 13.7. The van der Waals surface area contributed by atoms with Crippen molar-refractivity contribution in [3.8, 4) is 11.1 Å². The van der Waals surface area contributed by atoms with Crippen LogP contribution in [0.1, 0.15) is 12.5 Å². The van der Waals surface area contributed by atoms with Crippen LogP contribution in [0.5, 0.6) is 0 Å². The van der Waals surface area contributed by atoms with Crippen molar-refractivity contribution in [2.24, 2.45) is 0 Å². The van der Waals surface area contributed by atoms with E-state index in [1.54, 1.807) is 19.1 Å². The SMILES string of the molecule is CCc1ccccc1-c1c(F)c(F)c(F)c(F)c1F. The fourth-order valence-corrected chi connectivity index (χ4v) is 1.91. The number of halogens is 5. The third-order valence-electron chi connectivity index (χ3n) is 2.88. The minimum Gasteiger partial charge on any atom is -0.203 e. The summed E-state index contributed by atoms with van der Waals surface area (Å²) < 4.78 is 66.7. The first-order chi connectivity index (χ1) is 8.99. The van der Waals surface area contributed by atoms with Crippen molar-refractivity contribution < 1.29 is 22.0 Å². The van der Waals surface area contributed by atoms with Gasteiger partial charge in [0.1, 0.15) is 0 Å². The van der Waals surface area contributed by atoms with Gasteiger partial charge < -0.3 is 0 Å². The lowest BCUT2D eigenvalue weighted by atomic mass is 9.97. The van der Waals surface area contributed by atoms with Crippen LogP contribution in [-0.2, 0) is 6.42 Å². The fourth-order valence-electron chi connectivity index (χ4n) is 1.91. The molecule has 0 aliphatic carbocycles. The minimum absolute atomic E-state index is 0.0119. The smallest absolute Gasteiger partial charge is 0.200 e. The highest BCUT2D eigenvalue weighted by molar-refractivity contribution is 5.69. The molecule has 2 aromatic rings. The van der Waals surface area contributed by atoms with Crippen molar-refractivity contribution in [3.05, 3.63) is 58.9 Å². The summed E-state index contributed by atoms with van der Waals surface area (Å²) in [5.41, 5.74) is -0.364. The molecule has 0 aliphatic rings. The first-order valence-electron chi connectivity index (χ1n) is 5.58. The molecule has 0 N–H and O–H groups in total. The molecule has 0 nitrogen and oxygen atoms in total. The number of benzene rings is 2. The van der Waals surface area contributed by atoms with Gasteiger partial charge in [0.15, 0.2) is 23.3 Å². The van der Waals surface area contributed by atoms with Crippen LogP contribution in [0.2, 0.25) is 0 Å². The topological polar surface area (TPSA) is 0 Å². The number of hydrogen-bond donors (Lipinski definition) is 0. The van der Waals surface area contributed by atoms with E-state index in [9.17, 15) is 22.0 Å². The van der Waals surface area contributed by atoms with Gasteiger partial charge in [-0.25, -0.2) is 22.0 Å². The van der Waals surface area contributed by atoms with Crippen LogP contribution in [0.4, 0.5) is 22.0 Å². The summed E-state index contributed by atoms with van der Waals surface area (Å²) >= 11 is 0. The van der Waals surface area contributed by atoms with E-state index in [0.717, 1.165) is 0 Å². The minimum atomic E-state index is -2.15. The van der Waals surface area contributed by atoms with Crippen molar-refractivity contribution >= 4 is 0 Å². The van der Waals surface area contributed by atoms with Crippen LogP contribution < -0.4 is 0 Å². The highest BCUT2D eigenvalue weighted by Gasteiger charge is 2.27. The van der Waals surface area contributed by atoms with Gasteiger partial charge in [-0.1, -0.05) is 31.2 Å². The molecule has 0 fully saturated rings. The van der Waals surface area contributed by atoms with E-state index in [2.05, 4.69) is 0 Å². The third kappa shape index (κ3) is 2.09. The molecule has 0 bridgehead atoms.